The van der Waals surface area contributed by atoms with Gasteiger partial charge in [0.05, 0.1) is 24.0 Å². The number of ketones is 1. The molecule has 30 heavy (non-hydrogen) atoms. The molecule has 3 aromatic carbocycles. The van der Waals surface area contributed by atoms with Crippen molar-refractivity contribution in [3.05, 3.63) is 116 Å². The second-order valence-electron chi connectivity index (χ2n) is 7.04. The molecule has 4 rings (SSSR count). The van der Waals surface area contributed by atoms with Crippen LogP contribution in [0.5, 0.6) is 0 Å². The number of hydrogen-bond acceptors (Lipinski definition) is 4. The predicted octanol–water partition coefficient (Wildman–Crippen LogP) is 2.43. The van der Waals surface area contributed by atoms with Crippen molar-refractivity contribution in [1.82, 2.24) is 9.13 Å². The Bertz CT molecular complexity index is 1320. The van der Waals surface area contributed by atoms with Crippen molar-refractivity contribution < 1.29 is 9.90 Å². The average molecular weight is 400 g/mol. The van der Waals surface area contributed by atoms with Crippen molar-refractivity contribution in [1.29, 1.82) is 0 Å². The molecule has 0 radical (unpaired) electrons. The minimum absolute atomic E-state index is 0.188. The Morgan fingerprint density at radius 2 is 1.33 bits per heavy atom. The van der Waals surface area contributed by atoms with E-state index in [9.17, 15) is 14.4 Å². The maximum absolute atomic E-state index is 13.3. The third-order valence-electron chi connectivity index (χ3n) is 5.08. The number of aliphatic hydroxyl groups is 1. The molecule has 0 aliphatic rings. The number of aliphatic hydroxyl groups excluding tert-OH is 1. The van der Waals surface area contributed by atoms with Crippen LogP contribution < -0.4 is 11.2 Å². The maximum atomic E-state index is 13.3. The first kappa shape index (κ1) is 19.5. The average Bonchev–Trinajstić information content (AvgIpc) is 2.80. The summed E-state index contributed by atoms with van der Waals surface area (Å²) in [5.41, 5.74) is 1.93. The lowest BCUT2D eigenvalue weighted by atomic mass is 10.1. The first-order valence-corrected chi connectivity index (χ1v) is 9.58. The van der Waals surface area contributed by atoms with Crippen molar-refractivity contribution in [2.75, 3.05) is 6.61 Å². The molecule has 0 spiro atoms. The van der Waals surface area contributed by atoms with Crippen LogP contribution in [0.2, 0.25) is 0 Å². The van der Waals surface area contributed by atoms with Crippen molar-refractivity contribution in [3.63, 3.8) is 0 Å². The molecular formula is C24H20N2O4. The van der Waals surface area contributed by atoms with Crippen molar-refractivity contribution in [2.24, 2.45) is 0 Å². The topological polar surface area (TPSA) is 81.3 Å². The SMILES string of the molecule is O=C(CO)c1ccc(Cn2c(=O)n(Cc3ccccc3)c(=O)c3ccccc32)cc1. The van der Waals surface area contributed by atoms with Crippen LogP contribution in [0.15, 0.2) is 88.5 Å². The Labute approximate surface area is 172 Å². The summed E-state index contributed by atoms with van der Waals surface area (Å²) in [7, 11) is 0. The van der Waals surface area contributed by atoms with Gasteiger partial charge in [0.25, 0.3) is 5.56 Å². The van der Waals surface area contributed by atoms with Crippen molar-refractivity contribution in [3.8, 4) is 0 Å². The fraction of sp³-hybridized carbons (Fsp3) is 0.125. The second-order valence-corrected chi connectivity index (χ2v) is 7.04. The van der Waals surface area contributed by atoms with Crippen LogP contribution in [0.3, 0.4) is 0 Å². The fourth-order valence-electron chi connectivity index (χ4n) is 3.50. The van der Waals surface area contributed by atoms with Crippen molar-refractivity contribution >= 4 is 16.7 Å². The summed E-state index contributed by atoms with van der Waals surface area (Å²) in [6.45, 7) is -0.108. The molecule has 6 nitrogen and oxygen atoms in total. The van der Waals surface area contributed by atoms with Gasteiger partial charge in [0.15, 0.2) is 5.78 Å². The molecule has 0 saturated carbocycles. The monoisotopic (exact) mass is 400 g/mol. The van der Waals surface area contributed by atoms with Crippen LogP contribution in [0.25, 0.3) is 10.9 Å². The molecule has 150 valence electrons. The molecule has 4 aromatic rings. The molecular weight excluding hydrogens is 380 g/mol. The molecule has 0 fully saturated rings. The molecule has 0 atom stereocenters. The number of hydrogen-bond donors (Lipinski definition) is 1. The van der Waals surface area contributed by atoms with Crippen LogP contribution in [0.4, 0.5) is 0 Å². The number of nitrogens with zero attached hydrogens (tertiary/aromatic N) is 2. The molecule has 6 heteroatoms. The highest BCUT2D eigenvalue weighted by Gasteiger charge is 2.14. The largest absolute Gasteiger partial charge is 0.388 e. The van der Waals surface area contributed by atoms with Gasteiger partial charge in [0.2, 0.25) is 0 Å². The number of carbonyl (C=O) groups excluding carboxylic acids is 1. The van der Waals surface area contributed by atoms with E-state index < -0.39 is 12.3 Å². The number of rotatable bonds is 6. The Morgan fingerprint density at radius 1 is 0.733 bits per heavy atom. The van der Waals surface area contributed by atoms with Crippen LogP contribution in [0, 0.1) is 0 Å². The Balaban J connectivity index is 1.82. The zero-order chi connectivity index (χ0) is 21.1. The molecule has 0 unspecified atom stereocenters. The van der Waals surface area contributed by atoms with Crippen LogP contribution in [0.1, 0.15) is 21.5 Å². The third-order valence-corrected chi connectivity index (χ3v) is 5.08. The Kier molecular flexibility index (Phi) is 5.41. The van der Waals surface area contributed by atoms with Gasteiger partial charge in [-0.15, -0.1) is 0 Å². The van der Waals surface area contributed by atoms with E-state index in [2.05, 4.69) is 0 Å². The van der Waals surface area contributed by atoms with E-state index in [0.29, 0.717) is 16.5 Å². The van der Waals surface area contributed by atoms with Gasteiger partial charge in [-0.2, -0.15) is 0 Å². The molecule has 0 bridgehead atoms. The summed E-state index contributed by atoms with van der Waals surface area (Å²) in [5.74, 6) is -0.361. The van der Waals surface area contributed by atoms with Crippen LogP contribution >= 0.6 is 0 Å². The number of carbonyl (C=O) groups is 1. The summed E-state index contributed by atoms with van der Waals surface area (Å²) >= 11 is 0. The maximum Gasteiger partial charge on any atom is 0.332 e. The van der Waals surface area contributed by atoms with Gasteiger partial charge >= 0.3 is 5.69 Å². The van der Waals surface area contributed by atoms with E-state index >= 15 is 0 Å². The molecule has 1 N–H and O–H groups in total. The van der Waals surface area contributed by atoms with E-state index in [1.54, 1.807) is 53.1 Å². The zero-order valence-electron chi connectivity index (χ0n) is 16.2. The predicted molar refractivity (Wildman–Crippen MR) is 115 cm³/mol. The van der Waals surface area contributed by atoms with Crippen LogP contribution in [-0.4, -0.2) is 26.6 Å². The molecule has 1 heterocycles. The van der Waals surface area contributed by atoms with E-state index in [4.69, 9.17) is 5.11 Å². The number of aromatic nitrogens is 2. The highest BCUT2D eigenvalue weighted by Crippen LogP contribution is 2.12. The van der Waals surface area contributed by atoms with Gasteiger partial charge in [-0.1, -0.05) is 66.7 Å². The van der Waals surface area contributed by atoms with Gasteiger partial charge < -0.3 is 5.11 Å². The standard InChI is InChI=1S/C24H20N2O4/c27-16-22(28)19-12-10-18(11-13-19)14-25-21-9-5-4-8-20(21)23(29)26(24(25)30)15-17-6-2-1-3-7-17/h1-13,27H,14-16H2. The number of fused-ring (bicyclic) bond motifs is 1. The minimum atomic E-state index is -0.548. The van der Waals surface area contributed by atoms with Gasteiger partial charge in [-0.25, -0.2) is 4.79 Å². The third kappa shape index (κ3) is 3.73. The summed E-state index contributed by atoms with van der Waals surface area (Å²) in [5, 5.41) is 9.47. The van der Waals surface area contributed by atoms with Gasteiger partial charge in [-0.05, 0) is 23.3 Å². The lowest BCUT2D eigenvalue weighted by molar-refractivity contribution is 0.0903. The minimum Gasteiger partial charge on any atom is -0.388 e. The fourth-order valence-corrected chi connectivity index (χ4v) is 3.50. The second kappa shape index (κ2) is 8.31. The highest BCUT2D eigenvalue weighted by molar-refractivity contribution is 5.96. The molecule has 0 aliphatic heterocycles. The van der Waals surface area contributed by atoms with Crippen molar-refractivity contribution in [2.45, 2.75) is 13.1 Å². The number of para-hydroxylation sites is 1. The van der Waals surface area contributed by atoms with E-state index in [1.165, 1.54) is 4.57 Å². The van der Waals surface area contributed by atoms with E-state index in [-0.39, 0.29) is 24.4 Å². The molecule has 0 saturated heterocycles. The van der Waals surface area contributed by atoms with Gasteiger partial charge in [0, 0.05) is 5.56 Å². The quantitative estimate of drug-likeness (QED) is 0.504. The highest BCUT2D eigenvalue weighted by atomic mass is 16.3. The number of benzene rings is 3. The summed E-state index contributed by atoms with van der Waals surface area (Å²) < 4.78 is 2.82. The summed E-state index contributed by atoms with van der Waals surface area (Å²) in [6.07, 6.45) is 0. The lowest BCUT2D eigenvalue weighted by Crippen LogP contribution is -2.40. The Hall–Kier alpha value is -3.77. The molecule has 1 aromatic heterocycles. The van der Waals surface area contributed by atoms with Crippen LogP contribution in [-0.2, 0) is 13.1 Å². The van der Waals surface area contributed by atoms with Gasteiger partial charge in [-0.3, -0.25) is 18.7 Å². The zero-order valence-corrected chi connectivity index (χ0v) is 16.2. The first-order chi connectivity index (χ1) is 14.6. The Morgan fingerprint density at radius 3 is 2.03 bits per heavy atom. The molecule has 0 amide bonds. The summed E-state index contributed by atoms with van der Waals surface area (Å²) in [6, 6.07) is 23.2. The molecule has 0 aliphatic carbocycles. The van der Waals surface area contributed by atoms with E-state index in [1.807, 2.05) is 30.3 Å². The number of Topliss-reactive ketones (excluding diaryl/α,β-unsaturated/α-hetero) is 1. The first-order valence-electron chi connectivity index (χ1n) is 9.58. The van der Waals surface area contributed by atoms with Gasteiger partial charge in [0.1, 0.15) is 6.61 Å². The smallest absolute Gasteiger partial charge is 0.332 e. The normalized spacial score (nSPS) is 11.0. The lowest BCUT2D eigenvalue weighted by Gasteiger charge is -2.14. The summed E-state index contributed by atoms with van der Waals surface area (Å²) in [4.78, 5) is 37.9. The van der Waals surface area contributed by atoms with E-state index in [0.717, 1.165) is 11.1 Å².